The van der Waals surface area contributed by atoms with Crippen LogP contribution in [0.15, 0.2) is 0 Å². The summed E-state index contributed by atoms with van der Waals surface area (Å²) in [5.74, 6) is -5.85. The van der Waals surface area contributed by atoms with Gasteiger partial charge in [0.05, 0.1) is 6.04 Å². The maximum absolute atomic E-state index is 12.9. The molecule has 0 fully saturated rings. The number of hydrogen-bond donors (Lipinski definition) is 9. The van der Waals surface area contributed by atoms with Crippen LogP contribution in [0.3, 0.4) is 0 Å². The van der Waals surface area contributed by atoms with Gasteiger partial charge < -0.3 is 43.4 Å². The molecule has 0 saturated heterocycles. The molecule has 0 aromatic rings. The Bertz CT molecular complexity index is 738. The first-order valence-electron chi connectivity index (χ1n) is 10.6. The molecular weight excluding hydrogens is 472 g/mol. The zero-order valence-electron chi connectivity index (χ0n) is 18.7. The number of nitrogens with one attached hydrogen (secondary N) is 3. The molecular formula is C19H34N6O8S. The molecule has 14 nitrogen and oxygen atoms in total. The summed E-state index contributed by atoms with van der Waals surface area (Å²) in [6.07, 6.45) is 0.135. The molecule has 0 heterocycles. The fourth-order valence-electron chi connectivity index (χ4n) is 2.74. The first kappa shape index (κ1) is 31.1. The summed E-state index contributed by atoms with van der Waals surface area (Å²) in [4.78, 5) is 70.9. The molecule has 4 amide bonds. The number of hydrogen-bond acceptors (Lipinski definition) is 9. The molecule has 0 bridgehead atoms. The highest BCUT2D eigenvalue weighted by molar-refractivity contribution is 7.80. The van der Waals surface area contributed by atoms with Crippen molar-refractivity contribution >= 4 is 48.2 Å². The van der Waals surface area contributed by atoms with Gasteiger partial charge in [-0.15, -0.1) is 0 Å². The van der Waals surface area contributed by atoms with Gasteiger partial charge in [-0.25, -0.2) is 4.79 Å². The fraction of sp³-hybridized carbons (Fsp3) is 0.684. The summed E-state index contributed by atoms with van der Waals surface area (Å²) in [6.45, 7) is 0.338. The predicted molar refractivity (Wildman–Crippen MR) is 123 cm³/mol. The molecule has 0 aromatic heterocycles. The van der Waals surface area contributed by atoms with Crippen LogP contribution in [0.4, 0.5) is 0 Å². The van der Waals surface area contributed by atoms with Crippen LogP contribution in [0.1, 0.15) is 44.9 Å². The molecule has 4 unspecified atom stereocenters. The van der Waals surface area contributed by atoms with Gasteiger partial charge in [0, 0.05) is 18.6 Å². The maximum atomic E-state index is 12.9. The van der Waals surface area contributed by atoms with Crippen molar-refractivity contribution in [1.29, 1.82) is 0 Å². The van der Waals surface area contributed by atoms with Crippen molar-refractivity contribution in [1.82, 2.24) is 16.0 Å². The van der Waals surface area contributed by atoms with Gasteiger partial charge in [0.1, 0.15) is 18.1 Å². The highest BCUT2D eigenvalue weighted by Crippen LogP contribution is 2.06. The normalized spacial score (nSPS) is 14.2. The second-order valence-electron chi connectivity index (χ2n) is 7.53. The third-order valence-corrected chi connectivity index (χ3v) is 5.06. The van der Waals surface area contributed by atoms with E-state index in [0.29, 0.717) is 19.4 Å². The Morgan fingerprint density at radius 1 is 0.765 bits per heavy atom. The minimum absolute atomic E-state index is 0.138. The predicted octanol–water partition coefficient (Wildman–Crippen LogP) is -2.96. The average molecular weight is 507 g/mol. The summed E-state index contributed by atoms with van der Waals surface area (Å²) in [6, 6.07) is -4.98. The largest absolute Gasteiger partial charge is 0.481 e. The number of carboxylic acid groups (broad SMARTS) is 2. The van der Waals surface area contributed by atoms with Gasteiger partial charge in [-0.05, 0) is 38.6 Å². The fourth-order valence-corrected chi connectivity index (χ4v) is 2.98. The molecule has 34 heavy (non-hydrogen) atoms. The van der Waals surface area contributed by atoms with Crippen molar-refractivity contribution < 1.29 is 39.0 Å². The maximum Gasteiger partial charge on any atom is 0.327 e. The van der Waals surface area contributed by atoms with Crippen LogP contribution in [0.2, 0.25) is 0 Å². The highest BCUT2D eigenvalue weighted by Gasteiger charge is 2.30. The van der Waals surface area contributed by atoms with Crippen molar-refractivity contribution in [3.8, 4) is 0 Å². The van der Waals surface area contributed by atoms with Crippen molar-refractivity contribution in [2.24, 2.45) is 17.2 Å². The smallest absolute Gasteiger partial charge is 0.327 e. The lowest BCUT2D eigenvalue weighted by Crippen LogP contribution is -2.57. The van der Waals surface area contributed by atoms with Crippen LogP contribution < -0.4 is 33.2 Å². The molecule has 0 rings (SSSR count). The molecule has 0 aromatic carbocycles. The van der Waals surface area contributed by atoms with E-state index in [2.05, 4.69) is 28.6 Å². The van der Waals surface area contributed by atoms with E-state index >= 15 is 0 Å². The zero-order chi connectivity index (χ0) is 26.3. The average Bonchev–Trinajstić information content (AvgIpc) is 2.76. The number of amides is 4. The Balaban J connectivity index is 5.46. The van der Waals surface area contributed by atoms with E-state index in [1.807, 2.05) is 0 Å². The van der Waals surface area contributed by atoms with Crippen LogP contribution >= 0.6 is 12.6 Å². The van der Waals surface area contributed by atoms with Crippen molar-refractivity contribution in [2.75, 3.05) is 12.3 Å². The Morgan fingerprint density at radius 3 is 1.76 bits per heavy atom. The molecule has 0 spiro atoms. The Hall–Kier alpha value is -2.91. The molecule has 0 aliphatic carbocycles. The van der Waals surface area contributed by atoms with Gasteiger partial charge in [0.2, 0.25) is 23.6 Å². The number of thiol groups is 1. The van der Waals surface area contributed by atoms with E-state index in [0.717, 1.165) is 0 Å². The first-order valence-corrected chi connectivity index (χ1v) is 11.3. The third kappa shape index (κ3) is 13.0. The SMILES string of the molecule is NCCCCC(NC(=O)C(N)CCC(=O)O)C(=O)NC(CCC(N)=O)C(=O)NC(CS)C(=O)O. The number of carboxylic acids is 2. The Morgan fingerprint density at radius 2 is 1.29 bits per heavy atom. The van der Waals surface area contributed by atoms with Gasteiger partial charge in [0.15, 0.2) is 0 Å². The van der Waals surface area contributed by atoms with E-state index in [1.165, 1.54) is 0 Å². The number of primary amides is 1. The second kappa shape index (κ2) is 16.7. The van der Waals surface area contributed by atoms with E-state index in [9.17, 15) is 28.8 Å². The Kier molecular flexibility index (Phi) is 15.2. The first-order chi connectivity index (χ1) is 15.9. The molecule has 194 valence electrons. The molecule has 0 aliphatic heterocycles. The monoisotopic (exact) mass is 506 g/mol. The lowest BCUT2D eigenvalue weighted by atomic mass is 10.0. The van der Waals surface area contributed by atoms with Crippen LogP contribution in [0.5, 0.6) is 0 Å². The van der Waals surface area contributed by atoms with E-state index < -0.39 is 59.7 Å². The lowest BCUT2D eigenvalue weighted by molar-refractivity contribution is -0.142. The summed E-state index contributed by atoms with van der Waals surface area (Å²) >= 11 is 3.86. The number of rotatable bonds is 18. The van der Waals surface area contributed by atoms with Crippen LogP contribution in [0.25, 0.3) is 0 Å². The zero-order valence-corrected chi connectivity index (χ0v) is 19.6. The van der Waals surface area contributed by atoms with Crippen molar-refractivity contribution in [2.45, 2.75) is 69.1 Å². The molecule has 0 saturated carbocycles. The second-order valence-corrected chi connectivity index (χ2v) is 7.90. The van der Waals surface area contributed by atoms with E-state index in [1.54, 1.807) is 0 Å². The van der Waals surface area contributed by atoms with Crippen molar-refractivity contribution in [3.05, 3.63) is 0 Å². The molecule has 0 aliphatic rings. The summed E-state index contributed by atoms with van der Waals surface area (Å²) in [5, 5.41) is 24.9. The van der Waals surface area contributed by atoms with Gasteiger partial charge >= 0.3 is 11.9 Å². The number of aliphatic carboxylic acids is 2. The molecule has 4 atom stereocenters. The minimum Gasteiger partial charge on any atom is -0.481 e. The summed E-state index contributed by atoms with van der Waals surface area (Å²) in [7, 11) is 0. The van der Waals surface area contributed by atoms with Crippen LogP contribution in [0, 0.1) is 0 Å². The van der Waals surface area contributed by atoms with Crippen LogP contribution in [-0.4, -0.2) is 82.2 Å². The third-order valence-electron chi connectivity index (χ3n) is 4.70. The summed E-state index contributed by atoms with van der Waals surface area (Å²) in [5.41, 5.74) is 16.3. The standard InChI is InChI=1S/C19H34N6O8S/c20-8-2-1-3-11(23-16(29)10(21)4-7-15(27)28)17(30)24-12(5-6-14(22)26)18(31)25-13(9-34)19(32)33/h10-13,34H,1-9,20-21H2,(H2,22,26)(H,23,29)(H,24,30)(H,25,31)(H,27,28)(H,32,33). The Labute approximate surface area is 202 Å². The number of carbonyl (C=O) groups excluding carboxylic acids is 4. The summed E-state index contributed by atoms with van der Waals surface area (Å²) < 4.78 is 0. The quantitative estimate of drug-likeness (QED) is 0.0674. The lowest BCUT2D eigenvalue weighted by Gasteiger charge is -2.25. The molecule has 11 N–H and O–H groups in total. The van der Waals surface area contributed by atoms with Gasteiger partial charge in [-0.2, -0.15) is 12.6 Å². The molecule has 15 heteroatoms. The topological polar surface area (TPSA) is 257 Å². The van der Waals surface area contributed by atoms with Gasteiger partial charge in [-0.3, -0.25) is 24.0 Å². The number of carbonyl (C=O) groups is 6. The minimum atomic E-state index is -1.34. The highest BCUT2D eigenvalue weighted by atomic mass is 32.1. The number of unbranched alkanes of at least 4 members (excludes halogenated alkanes) is 1. The number of nitrogens with two attached hydrogens (primary N) is 3. The van der Waals surface area contributed by atoms with E-state index in [-0.39, 0.29) is 37.9 Å². The van der Waals surface area contributed by atoms with Gasteiger partial charge in [-0.1, -0.05) is 0 Å². The van der Waals surface area contributed by atoms with Crippen LogP contribution in [-0.2, 0) is 28.8 Å². The van der Waals surface area contributed by atoms with Crippen molar-refractivity contribution in [3.63, 3.8) is 0 Å². The van der Waals surface area contributed by atoms with E-state index in [4.69, 9.17) is 27.4 Å². The van der Waals surface area contributed by atoms with Gasteiger partial charge in [0.25, 0.3) is 0 Å². The molecule has 0 radical (unpaired) electrons.